The number of carbonyl (C=O) groups excluding carboxylic acids is 1. The first-order valence-corrected chi connectivity index (χ1v) is 8.76. The highest BCUT2D eigenvalue weighted by Gasteiger charge is 2.25. The number of aliphatic carboxylic acids is 1. The molecule has 0 aromatic heterocycles. The van der Waals surface area contributed by atoms with E-state index < -0.39 is 34.5 Å². The van der Waals surface area contributed by atoms with Gasteiger partial charge in [0.15, 0.2) is 0 Å². The average Bonchev–Trinajstić information content (AvgIpc) is 2.51. The Balaban J connectivity index is 2.70. The maximum Gasteiger partial charge on any atom is 0.326 e. The SMILES string of the molecule is CCCCC(NC(=O)CN(C)S(=O)(=O)c1ccccc1)C(=O)O. The van der Waals surface area contributed by atoms with Crippen LogP contribution in [0.1, 0.15) is 26.2 Å². The summed E-state index contributed by atoms with van der Waals surface area (Å²) in [6.45, 7) is 1.48. The molecule has 1 rings (SSSR count). The fourth-order valence-electron chi connectivity index (χ4n) is 1.97. The van der Waals surface area contributed by atoms with Gasteiger partial charge in [0.2, 0.25) is 15.9 Å². The van der Waals surface area contributed by atoms with Crippen LogP contribution in [0.3, 0.4) is 0 Å². The number of sulfonamides is 1. The molecule has 1 aromatic carbocycles. The minimum absolute atomic E-state index is 0.0797. The largest absolute Gasteiger partial charge is 0.480 e. The van der Waals surface area contributed by atoms with E-state index in [1.165, 1.54) is 19.2 Å². The van der Waals surface area contributed by atoms with Crippen LogP contribution in [-0.4, -0.2) is 49.3 Å². The number of unbranched alkanes of at least 4 members (excludes halogenated alkanes) is 1. The van der Waals surface area contributed by atoms with Gasteiger partial charge in [-0.2, -0.15) is 4.31 Å². The molecule has 1 unspecified atom stereocenters. The summed E-state index contributed by atoms with van der Waals surface area (Å²) in [5.41, 5.74) is 0. The van der Waals surface area contributed by atoms with Crippen molar-refractivity contribution in [1.29, 1.82) is 0 Å². The quantitative estimate of drug-likeness (QED) is 0.698. The summed E-state index contributed by atoms with van der Waals surface area (Å²) in [5.74, 6) is -1.77. The first-order chi connectivity index (χ1) is 10.8. The third kappa shape index (κ3) is 5.65. The Bertz CT molecular complexity index is 631. The standard InChI is InChI=1S/C15H22N2O5S/c1-3-4-10-13(15(19)20)16-14(18)11-17(2)23(21,22)12-8-6-5-7-9-12/h5-9,13H,3-4,10-11H2,1-2H3,(H,16,18)(H,19,20). The summed E-state index contributed by atoms with van der Waals surface area (Å²) in [6.07, 6.45) is 1.78. The fourth-order valence-corrected chi connectivity index (χ4v) is 3.11. The highest BCUT2D eigenvalue weighted by molar-refractivity contribution is 7.89. The van der Waals surface area contributed by atoms with E-state index in [0.717, 1.165) is 10.7 Å². The van der Waals surface area contributed by atoms with Gasteiger partial charge in [-0.3, -0.25) is 4.79 Å². The Morgan fingerprint density at radius 2 is 1.87 bits per heavy atom. The molecule has 0 bridgehead atoms. The van der Waals surface area contributed by atoms with Crippen molar-refractivity contribution in [2.45, 2.75) is 37.1 Å². The Morgan fingerprint density at radius 1 is 1.26 bits per heavy atom. The molecule has 0 aliphatic heterocycles. The molecular weight excluding hydrogens is 320 g/mol. The van der Waals surface area contributed by atoms with Crippen LogP contribution >= 0.6 is 0 Å². The lowest BCUT2D eigenvalue weighted by Gasteiger charge is -2.19. The van der Waals surface area contributed by atoms with E-state index in [1.54, 1.807) is 18.2 Å². The number of carboxylic acid groups (broad SMARTS) is 1. The van der Waals surface area contributed by atoms with Gasteiger partial charge in [0.1, 0.15) is 6.04 Å². The maximum absolute atomic E-state index is 12.3. The molecule has 7 nitrogen and oxygen atoms in total. The summed E-state index contributed by atoms with van der Waals surface area (Å²) < 4.78 is 25.5. The highest BCUT2D eigenvalue weighted by Crippen LogP contribution is 2.13. The van der Waals surface area contributed by atoms with Gasteiger partial charge in [-0.15, -0.1) is 0 Å². The minimum atomic E-state index is -3.78. The second kappa shape index (κ2) is 8.64. The van der Waals surface area contributed by atoms with E-state index in [-0.39, 0.29) is 4.90 Å². The number of carbonyl (C=O) groups is 2. The van der Waals surface area contributed by atoms with Crippen LogP contribution in [0.4, 0.5) is 0 Å². The topological polar surface area (TPSA) is 104 Å². The number of rotatable bonds is 9. The third-order valence-corrected chi connectivity index (χ3v) is 5.11. The number of hydrogen-bond acceptors (Lipinski definition) is 4. The Kier molecular flexibility index (Phi) is 7.18. The molecule has 2 N–H and O–H groups in total. The molecule has 0 heterocycles. The van der Waals surface area contributed by atoms with Crippen molar-refractivity contribution < 1.29 is 23.1 Å². The molecular formula is C15H22N2O5S. The molecule has 1 atom stereocenters. The van der Waals surface area contributed by atoms with Crippen molar-refractivity contribution in [2.75, 3.05) is 13.6 Å². The normalized spacial score (nSPS) is 12.8. The van der Waals surface area contributed by atoms with Crippen LogP contribution < -0.4 is 5.32 Å². The zero-order valence-electron chi connectivity index (χ0n) is 13.2. The average molecular weight is 342 g/mol. The molecule has 0 radical (unpaired) electrons. The molecule has 0 saturated carbocycles. The second-order valence-electron chi connectivity index (χ2n) is 5.17. The van der Waals surface area contributed by atoms with Crippen molar-refractivity contribution in [1.82, 2.24) is 9.62 Å². The first-order valence-electron chi connectivity index (χ1n) is 7.32. The zero-order chi connectivity index (χ0) is 17.5. The van der Waals surface area contributed by atoms with Crippen LogP contribution in [0.2, 0.25) is 0 Å². The summed E-state index contributed by atoms with van der Waals surface area (Å²) in [4.78, 5) is 23.1. The molecule has 0 saturated heterocycles. The van der Waals surface area contributed by atoms with E-state index in [9.17, 15) is 18.0 Å². The minimum Gasteiger partial charge on any atom is -0.480 e. The molecule has 1 aromatic rings. The molecule has 0 fully saturated rings. The van der Waals surface area contributed by atoms with Crippen molar-refractivity contribution in [3.8, 4) is 0 Å². The molecule has 8 heteroatoms. The van der Waals surface area contributed by atoms with E-state index in [4.69, 9.17) is 5.11 Å². The van der Waals surface area contributed by atoms with E-state index in [1.807, 2.05) is 6.92 Å². The van der Waals surface area contributed by atoms with Gasteiger partial charge in [-0.1, -0.05) is 38.0 Å². The van der Waals surface area contributed by atoms with E-state index in [0.29, 0.717) is 12.8 Å². The van der Waals surface area contributed by atoms with Crippen molar-refractivity contribution >= 4 is 21.9 Å². The number of hydrogen-bond donors (Lipinski definition) is 2. The monoisotopic (exact) mass is 342 g/mol. The van der Waals surface area contributed by atoms with Crippen LogP contribution in [-0.2, 0) is 19.6 Å². The van der Waals surface area contributed by atoms with Crippen LogP contribution in [0.15, 0.2) is 35.2 Å². The molecule has 0 aliphatic carbocycles. The smallest absolute Gasteiger partial charge is 0.326 e. The number of amides is 1. The second-order valence-corrected chi connectivity index (χ2v) is 7.22. The summed E-state index contributed by atoms with van der Waals surface area (Å²) >= 11 is 0. The number of benzene rings is 1. The number of nitrogens with one attached hydrogen (secondary N) is 1. The van der Waals surface area contributed by atoms with Crippen molar-refractivity contribution in [3.63, 3.8) is 0 Å². The number of likely N-dealkylation sites (N-methyl/N-ethyl adjacent to an activating group) is 1. The predicted octanol–water partition coefficient (Wildman–Crippen LogP) is 1.07. The molecule has 128 valence electrons. The first kappa shape index (κ1) is 19.1. The molecule has 23 heavy (non-hydrogen) atoms. The summed E-state index contributed by atoms with van der Waals surface area (Å²) in [6, 6.07) is 6.74. The van der Waals surface area contributed by atoms with Gasteiger partial charge in [-0.05, 0) is 18.6 Å². The molecule has 1 amide bonds. The Labute approximate surface area is 136 Å². The van der Waals surface area contributed by atoms with Gasteiger partial charge in [0, 0.05) is 7.05 Å². The van der Waals surface area contributed by atoms with E-state index in [2.05, 4.69) is 5.32 Å². The lowest BCUT2D eigenvalue weighted by atomic mass is 10.1. The highest BCUT2D eigenvalue weighted by atomic mass is 32.2. The summed E-state index contributed by atoms with van der Waals surface area (Å²) in [5, 5.41) is 11.4. The molecule has 0 aliphatic rings. The Morgan fingerprint density at radius 3 is 2.39 bits per heavy atom. The van der Waals surface area contributed by atoms with Crippen molar-refractivity contribution in [2.24, 2.45) is 0 Å². The van der Waals surface area contributed by atoms with Crippen LogP contribution in [0.5, 0.6) is 0 Å². The lowest BCUT2D eigenvalue weighted by molar-refractivity contribution is -0.142. The van der Waals surface area contributed by atoms with Crippen LogP contribution in [0, 0.1) is 0 Å². The molecule has 0 spiro atoms. The van der Waals surface area contributed by atoms with Crippen LogP contribution in [0.25, 0.3) is 0 Å². The number of nitrogens with zero attached hydrogens (tertiary/aromatic N) is 1. The maximum atomic E-state index is 12.3. The zero-order valence-corrected chi connectivity index (χ0v) is 14.0. The fraction of sp³-hybridized carbons (Fsp3) is 0.467. The predicted molar refractivity (Wildman–Crippen MR) is 85.3 cm³/mol. The Hall–Kier alpha value is -1.93. The van der Waals surface area contributed by atoms with Gasteiger partial charge < -0.3 is 10.4 Å². The summed E-state index contributed by atoms with van der Waals surface area (Å²) in [7, 11) is -2.50. The van der Waals surface area contributed by atoms with Gasteiger partial charge >= 0.3 is 5.97 Å². The van der Waals surface area contributed by atoms with Gasteiger partial charge in [-0.25, -0.2) is 13.2 Å². The van der Waals surface area contributed by atoms with E-state index >= 15 is 0 Å². The van der Waals surface area contributed by atoms with Crippen molar-refractivity contribution in [3.05, 3.63) is 30.3 Å². The van der Waals surface area contributed by atoms with Gasteiger partial charge in [0.25, 0.3) is 0 Å². The third-order valence-electron chi connectivity index (χ3n) is 3.30. The number of carboxylic acids is 1. The van der Waals surface area contributed by atoms with Gasteiger partial charge in [0.05, 0.1) is 11.4 Å². The lowest BCUT2D eigenvalue weighted by Crippen LogP contribution is -2.45.